The molecule has 0 amide bonds. The van der Waals surface area contributed by atoms with Gasteiger partial charge < -0.3 is 9.47 Å². The molecular weight excluding hydrogens is 176 g/mol. The number of hydrogen-bond acceptors (Lipinski definition) is 2. The van der Waals surface area contributed by atoms with Gasteiger partial charge in [0.25, 0.3) is 0 Å². The lowest BCUT2D eigenvalue weighted by Crippen LogP contribution is -2.03. The summed E-state index contributed by atoms with van der Waals surface area (Å²) >= 11 is 0. The van der Waals surface area contributed by atoms with Crippen molar-refractivity contribution in [1.29, 1.82) is 0 Å². The Hall–Kier alpha value is -0.340. The van der Waals surface area contributed by atoms with Gasteiger partial charge in [-0.25, -0.2) is 0 Å². The van der Waals surface area contributed by atoms with E-state index in [1.807, 2.05) is 0 Å². The SMILES string of the molecule is C1CCOCC1.C1CCOCC1.C=C. The van der Waals surface area contributed by atoms with Gasteiger partial charge in [-0.05, 0) is 38.5 Å². The van der Waals surface area contributed by atoms with E-state index in [1.165, 1.54) is 38.5 Å². The highest BCUT2D eigenvalue weighted by Crippen LogP contribution is 2.02. The molecule has 0 bridgehead atoms. The lowest BCUT2D eigenvalue weighted by Gasteiger charge is -2.08. The fraction of sp³-hybridized carbons (Fsp3) is 0.833. The van der Waals surface area contributed by atoms with Gasteiger partial charge in [0.05, 0.1) is 0 Å². The van der Waals surface area contributed by atoms with Crippen LogP contribution in [0.25, 0.3) is 0 Å². The van der Waals surface area contributed by atoms with Crippen LogP contribution in [0.3, 0.4) is 0 Å². The molecule has 0 unspecified atom stereocenters. The molecule has 0 aromatic carbocycles. The highest BCUT2D eigenvalue weighted by Gasteiger charge is 1.95. The molecule has 0 aromatic rings. The van der Waals surface area contributed by atoms with Crippen molar-refractivity contribution in [1.82, 2.24) is 0 Å². The third-order valence-corrected chi connectivity index (χ3v) is 2.15. The van der Waals surface area contributed by atoms with Crippen LogP contribution in [-0.4, -0.2) is 26.4 Å². The summed E-state index contributed by atoms with van der Waals surface area (Å²) in [6, 6.07) is 0. The van der Waals surface area contributed by atoms with Crippen LogP contribution < -0.4 is 0 Å². The predicted molar refractivity (Wildman–Crippen MR) is 60.6 cm³/mol. The molecule has 84 valence electrons. The lowest BCUT2D eigenvalue weighted by molar-refractivity contribution is 0.0967. The van der Waals surface area contributed by atoms with E-state index in [-0.39, 0.29) is 0 Å². The van der Waals surface area contributed by atoms with Gasteiger partial charge >= 0.3 is 0 Å². The predicted octanol–water partition coefficient (Wildman–Crippen LogP) is 3.18. The van der Waals surface area contributed by atoms with E-state index in [0.29, 0.717) is 0 Å². The van der Waals surface area contributed by atoms with Gasteiger partial charge in [-0.3, -0.25) is 0 Å². The molecule has 0 radical (unpaired) electrons. The molecule has 2 aliphatic rings. The maximum Gasteiger partial charge on any atom is 0.0466 e. The third-order valence-electron chi connectivity index (χ3n) is 2.15. The van der Waals surface area contributed by atoms with Crippen molar-refractivity contribution in [3.05, 3.63) is 13.2 Å². The van der Waals surface area contributed by atoms with Gasteiger partial charge in [0, 0.05) is 26.4 Å². The zero-order valence-corrected chi connectivity index (χ0v) is 9.30. The molecule has 0 spiro atoms. The summed E-state index contributed by atoms with van der Waals surface area (Å²) in [5, 5.41) is 0. The summed E-state index contributed by atoms with van der Waals surface area (Å²) in [6.45, 7) is 10.0. The van der Waals surface area contributed by atoms with Crippen molar-refractivity contribution < 1.29 is 9.47 Å². The number of rotatable bonds is 0. The van der Waals surface area contributed by atoms with Crippen LogP contribution in [-0.2, 0) is 9.47 Å². The second-order valence-corrected chi connectivity index (χ2v) is 3.35. The summed E-state index contributed by atoms with van der Waals surface area (Å²) in [5.41, 5.74) is 0. The minimum atomic E-state index is 1.00. The Kier molecular flexibility index (Phi) is 12.4. The van der Waals surface area contributed by atoms with Gasteiger partial charge in [0.1, 0.15) is 0 Å². The molecule has 2 heterocycles. The standard InChI is InChI=1S/2C5H10O.C2H4/c2*1-2-4-6-5-3-1;1-2/h2*1-5H2;1-2H2. The normalized spacial score (nSPS) is 20.9. The quantitative estimate of drug-likeness (QED) is 0.559. The van der Waals surface area contributed by atoms with Gasteiger partial charge in [-0.2, -0.15) is 0 Å². The van der Waals surface area contributed by atoms with Crippen LogP contribution in [0.5, 0.6) is 0 Å². The van der Waals surface area contributed by atoms with Crippen molar-refractivity contribution in [2.45, 2.75) is 38.5 Å². The van der Waals surface area contributed by atoms with E-state index in [2.05, 4.69) is 13.2 Å². The summed E-state index contributed by atoms with van der Waals surface area (Å²) in [6.07, 6.45) is 7.86. The molecule has 0 aromatic heterocycles. The fourth-order valence-corrected chi connectivity index (χ4v) is 1.37. The van der Waals surface area contributed by atoms with Crippen molar-refractivity contribution >= 4 is 0 Å². The molecule has 2 nitrogen and oxygen atoms in total. The minimum Gasteiger partial charge on any atom is -0.381 e. The van der Waals surface area contributed by atoms with Crippen molar-refractivity contribution in [2.24, 2.45) is 0 Å². The second kappa shape index (κ2) is 12.7. The summed E-state index contributed by atoms with van der Waals surface area (Å²) in [5.74, 6) is 0. The van der Waals surface area contributed by atoms with Gasteiger partial charge in [-0.15, -0.1) is 13.2 Å². The third kappa shape index (κ3) is 9.75. The molecule has 14 heavy (non-hydrogen) atoms. The van der Waals surface area contributed by atoms with Crippen molar-refractivity contribution in [3.63, 3.8) is 0 Å². The van der Waals surface area contributed by atoms with E-state index >= 15 is 0 Å². The average Bonchev–Trinajstić information content (AvgIpc) is 2.37. The molecule has 0 N–H and O–H groups in total. The van der Waals surface area contributed by atoms with Crippen LogP contribution in [0.1, 0.15) is 38.5 Å². The monoisotopic (exact) mass is 200 g/mol. The van der Waals surface area contributed by atoms with Crippen molar-refractivity contribution in [3.8, 4) is 0 Å². The fourth-order valence-electron chi connectivity index (χ4n) is 1.37. The molecule has 2 saturated heterocycles. The summed E-state index contributed by atoms with van der Waals surface area (Å²) < 4.78 is 10.1. The Morgan fingerprint density at radius 3 is 0.857 bits per heavy atom. The van der Waals surface area contributed by atoms with E-state index in [1.54, 1.807) is 0 Å². The maximum atomic E-state index is 5.07. The molecule has 2 heteroatoms. The summed E-state index contributed by atoms with van der Waals surface area (Å²) in [4.78, 5) is 0. The van der Waals surface area contributed by atoms with Gasteiger partial charge in [0.15, 0.2) is 0 Å². The molecule has 2 fully saturated rings. The topological polar surface area (TPSA) is 18.5 Å². The molecular formula is C12H24O2. The van der Waals surface area contributed by atoms with Crippen LogP contribution in [0.15, 0.2) is 13.2 Å². The smallest absolute Gasteiger partial charge is 0.0466 e. The Balaban J connectivity index is 0.000000206. The second-order valence-electron chi connectivity index (χ2n) is 3.35. The Morgan fingerprint density at radius 2 is 0.786 bits per heavy atom. The first-order chi connectivity index (χ1) is 7.00. The van der Waals surface area contributed by atoms with Gasteiger partial charge in [0.2, 0.25) is 0 Å². The van der Waals surface area contributed by atoms with E-state index in [0.717, 1.165) is 26.4 Å². The van der Waals surface area contributed by atoms with Crippen molar-refractivity contribution in [2.75, 3.05) is 26.4 Å². The minimum absolute atomic E-state index is 1.00. The van der Waals surface area contributed by atoms with E-state index < -0.39 is 0 Å². The maximum absolute atomic E-state index is 5.07. The average molecular weight is 200 g/mol. The first kappa shape index (κ1) is 13.7. The van der Waals surface area contributed by atoms with Crippen LogP contribution in [0.4, 0.5) is 0 Å². The number of hydrogen-bond donors (Lipinski definition) is 0. The molecule has 2 aliphatic heterocycles. The zero-order valence-electron chi connectivity index (χ0n) is 9.30. The first-order valence-electron chi connectivity index (χ1n) is 5.65. The Labute approximate surface area is 88.3 Å². The van der Waals surface area contributed by atoms with Crippen LogP contribution in [0.2, 0.25) is 0 Å². The summed E-state index contributed by atoms with van der Waals surface area (Å²) in [7, 11) is 0. The van der Waals surface area contributed by atoms with Crippen LogP contribution >= 0.6 is 0 Å². The highest BCUT2D eigenvalue weighted by atomic mass is 16.5. The molecule has 0 saturated carbocycles. The van der Waals surface area contributed by atoms with Gasteiger partial charge in [-0.1, -0.05) is 0 Å². The molecule has 2 rings (SSSR count). The Morgan fingerprint density at radius 1 is 0.500 bits per heavy atom. The van der Waals surface area contributed by atoms with E-state index in [9.17, 15) is 0 Å². The highest BCUT2D eigenvalue weighted by molar-refractivity contribution is 4.45. The first-order valence-corrected chi connectivity index (χ1v) is 5.65. The lowest BCUT2D eigenvalue weighted by atomic mass is 10.2. The molecule has 0 atom stereocenters. The van der Waals surface area contributed by atoms with E-state index in [4.69, 9.17) is 9.47 Å². The zero-order chi connectivity index (χ0) is 10.5. The largest absolute Gasteiger partial charge is 0.381 e. The number of ether oxygens (including phenoxy) is 2. The van der Waals surface area contributed by atoms with Crippen LogP contribution in [0, 0.1) is 0 Å². The Bertz CT molecular complexity index is 61.5. The molecule has 0 aliphatic carbocycles.